The van der Waals surface area contributed by atoms with E-state index in [9.17, 15) is 9.59 Å². The normalized spacial score (nSPS) is 10.9. The van der Waals surface area contributed by atoms with E-state index in [0.29, 0.717) is 17.4 Å². The van der Waals surface area contributed by atoms with E-state index in [-0.39, 0.29) is 17.2 Å². The first-order chi connectivity index (χ1) is 16.4. The van der Waals surface area contributed by atoms with Gasteiger partial charge >= 0.3 is 0 Å². The Bertz CT molecular complexity index is 1340. The highest BCUT2D eigenvalue weighted by molar-refractivity contribution is 7.99. The van der Waals surface area contributed by atoms with E-state index in [0.717, 1.165) is 22.5 Å². The maximum absolute atomic E-state index is 12.6. The monoisotopic (exact) mass is 491 g/mol. The molecule has 0 spiro atoms. The second kappa shape index (κ2) is 10.2. The summed E-state index contributed by atoms with van der Waals surface area (Å²) in [5.74, 6) is 0.0648. The number of amides is 2. The highest BCUT2D eigenvalue weighted by Crippen LogP contribution is 2.39. The summed E-state index contributed by atoms with van der Waals surface area (Å²) in [6.07, 6.45) is 0. The standard InChI is InChI=1S/C25H25N5O2S2/c1-4-30-24(19-13-33-16(3)22(19)17-11-9-15(2)10-12-17)28-29-25(30)34-14-21(31)27-20-8-6-5-7-18(20)23(26)32/h5-13H,4,14H2,1-3H3,(H2,26,32)(H,27,31). The van der Waals surface area contributed by atoms with Crippen molar-refractivity contribution in [2.24, 2.45) is 5.73 Å². The van der Waals surface area contributed by atoms with E-state index in [1.807, 2.05) is 11.5 Å². The van der Waals surface area contributed by atoms with E-state index in [4.69, 9.17) is 5.73 Å². The Hall–Kier alpha value is -3.43. The fraction of sp³-hybridized carbons (Fsp3) is 0.200. The molecule has 0 aliphatic carbocycles. The number of anilines is 1. The number of carbonyl (C=O) groups is 2. The number of para-hydroxylation sites is 1. The molecule has 2 aromatic carbocycles. The Kier molecular flexibility index (Phi) is 7.14. The topological polar surface area (TPSA) is 103 Å². The van der Waals surface area contributed by atoms with Gasteiger partial charge in [0.25, 0.3) is 5.91 Å². The summed E-state index contributed by atoms with van der Waals surface area (Å²) in [6.45, 7) is 6.88. The smallest absolute Gasteiger partial charge is 0.250 e. The summed E-state index contributed by atoms with van der Waals surface area (Å²) < 4.78 is 2.02. The van der Waals surface area contributed by atoms with Gasteiger partial charge in [0, 0.05) is 27.9 Å². The minimum absolute atomic E-state index is 0.124. The third-order valence-corrected chi connectivity index (χ3v) is 7.27. The van der Waals surface area contributed by atoms with Crippen LogP contribution < -0.4 is 11.1 Å². The Balaban J connectivity index is 1.55. The maximum Gasteiger partial charge on any atom is 0.250 e. The number of nitrogens with one attached hydrogen (secondary N) is 1. The van der Waals surface area contributed by atoms with E-state index in [2.05, 4.69) is 59.0 Å². The van der Waals surface area contributed by atoms with Crippen LogP contribution in [0.5, 0.6) is 0 Å². The average molecular weight is 492 g/mol. The van der Waals surface area contributed by atoms with Crippen LogP contribution in [0.25, 0.3) is 22.5 Å². The molecule has 174 valence electrons. The first-order valence-corrected chi connectivity index (χ1v) is 12.7. The van der Waals surface area contributed by atoms with Gasteiger partial charge in [-0.25, -0.2) is 0 Å². The van der Waals surface area contributed by atoms with Crippen molar-refractivity contribution in [1.29, 1.82) is 0 Å². The summed E-state index contributed by atoms with van der Waals surface area (Å²) in [7, 11) is 0. The Morgan fingerprint density at radius 1 is 1.09 bits per heavy atom. The van der Waals surface area contributed by atoms with Crippen LogP contribution in [0.2, 0.25) is 0 Å². The van der Waals surface area contributed by atoms with Crippen LogP contribution in [0, 0.1) is 13.8 Å². The van der Waals surface area contributed by atoms with E-state index in [1.54, 1.807) is 35.6 Å². The van der Waals surface area contributed by atoms with Gasteiger partial charge in [0.2, 0.25) is 5.91 Å². The molecule has 0 saturated carbocycles. The Labute approximate surface area is 206 Å². The van der Waals surface area contributed by atoms with Gasteiger partial charge in [-0.1, -0.05) is 53.7 Å². The number of hydrogen-bond acceptors (Lipinski definition) is 6. The number of thiophene rings is 1. The van der Waals surface area contributed by atoms with Crippen LogP contribution in [0.15, 0.2) is 59.1 Å². The molecule has 0 fully saturated rings. The zero-order chi connectivity index (χ0) is 24.2. The first-order valence-electron chi connectivity index (χ1n) is 10.8. The van der Waals surface area contributed by atoms with Gasteiger partial charge < -0.3 is 15.6 Å². The van der Waals surface area contributed by atoms with Crippen molar-refractivity contribution in [1.82, 2.24) is 14.8 Å². The number of benzene rings is 2. The molecule has 0 aliphatic rings. The summed E-state index contributed by atoms with van der Waals surface area (Å²) in [6, 6.07) is 15.2. The maximum atomic E-state index is 12.6. The van der Waals surface area contributed by atoms with Crippen molar-refractivity contribution in [2.45, 2.75) is 32.5 Å². The van der Waals surface area contributed by atoms with E-state index < -0.39 is 5.91 Å². The number of primary amides is 1. The summed E-state index contributed by atoms with van der Waals surface area (Å²) >= 11 is 2.99. The first kappa shape index (κ1) is 23.7. The van der Waals surface area contributed by atoms with Gasteiger partial charge in [-0.2, -0.15) is 0 Å². The highest BCUT2D eigenvalue weighted by Gasteiger charge is 2.20. The van der Waals surface area contributed by atoms with Gasteiger partial charge in [-0.05, 0) is 38.5 Å². The molecular weight excluding hydrogens is 466 g/mol. The van der Waals surface area contributed by atoms with Gasteiger partial charge in [0.05, 0.1) is 17.0 Å². The molecule has 2 heterocycles. The molecule has 0 aliphatic heterocycles. The van der Waals surface area contributed by atoms with E-state index >= 15 is 0 Å². The number of hydrogen-bond donors (Lipinski definition) is 2. The molecule has 0 bridgehead atoms. The SMILES string of the molecule is CCn1c(SCC(=O)Nc2ccccc2C(N)=O)nnc1-c1csc(C)c1-c1ccc(C)cc1. The molecule has 2 aromatic heterocycles. The van der Waals surface area contributed by atoms with Crippen LogP contribution in [-0.4, -0.2) is 32.3 Å². The minimum Gasteiger partial charge on any atom is -0.366 e. The van der Waals surface area contributed by atoms with E-state index in [1.165, 1.54) is 22.2 Å². The second-order valence-electron chi connectivity index (χ2n) is 7.74. The van der Waals surface area contributed by atoms with Crippen molar-refractivity contribution >= 4 is 40.6 Å². The summed E-state index contributed by atoms with van der Waals surface area (Å²) in [5.41, 5.74) is 10.6. The van der Waals surface area contributed by atoms with Crippen LogP contribution in [0.4, 0.5) is 5.69 Å². The molecule has 34 heavy (non-hydrogen) atoms. The molecule has 4 rings (SSSR count). The third kappa shape index (κ3) is 4.90. The van der Waals surface area contributed by atoms with Crippen molar-refractivity contribution in [3.05, 3.63) is 69.9 Å². The zero-order valence-corrected chi connectivity index (χ0v) is 20.8. The fourth-order valence-electron chi connectivity index (χ4n) is 3.70. The molecule has 0 unspecified atom stereocenters. The highest BCUT2D eigenvalue weighted by atomic mass is 32.2. The lowest BCUT2D eigenvalue weighted by molar-refractivity contribution is -0.113. The third-order valence-electron chi connectivity index (χ3n) is 5.39. The number of aromatic nitrogens is 3. The molecule has 2 amide bonds. The van der Waals surface area contributed by atoms with Gasteiger partial charge in [0.15, 0.2) is 11.0 Å². The van der Waals surface area contributed by atoms with Gasteiger partial charge in [-0.3, -0.25) is 9.59 Å². The molecular formula is C25H25N5O2S2. The summed E-state index contributed by atoms with van der Waals surface area (Å²) in [4.78, 5) is 25.4. The van der Waals surface area contributed by atoms with Crippen molar-refractivity contribution in [3.63, 3.8) is 0 Å². The van der Waals surface area contributed by atoms with Crippen LogP contribution in [-0.2, 0) is 11.3 Å². The van der Waals surface area contributed by atoms with Gasteiger partial charge in [-0.15, -0.1) is 21.5 Å². The molecule has 4 aromatic rings. The largest absolute Gasteiger partial charge is 0.366 e. The minimum atomic E-state index is -0.589. The number of nitrogens with zero attached hydrogens (tertiary/aromatic N) is 3. The van der Waals surface area contributed by atoms with Crippen LogP contribution in [0.1, 0.15) is 27.7 Å². The number of rotatable bonds is 8. The van der Waals surface area contributed by atoms with Crippen molar-refractivity contribution < 1.29 is 9.59 Å². The molecule has 9 heteroatoms. The predicted molar refractivity (Wildman–Crippen MR) is 138 cm³/mol. The molecule has 7 nitrogen and oxygen atoms in total. The number of carbonyl (C=O) groups excluding carboxylic acids is 2. The molecule has 0 radical (unpaired) electrons. The summed E-state index contributed by atoms with van der Waals surface area (Å²) in [5, 5.41) is 14.4. The fourth-order valence-corrected chi connectivity index (χ4v) is 5.37. The van der Waals surface area contributed by atoms with Crippen LogP contribution in [0.3, 0.4) is 0 Å². The van der Waals surface area contributed by atoms with Crippen molar-refractivity contribution in [3.8, 4) is 22.5 Å². The lowest BCUT2D eigenvalue weighted by atomic mass is 10.0. The Morgan fingerprint density at radius 3 is 2.53 bits per heavy atom. The predicted octanol–water partition coefficient (Wildman–Crippen LogP) is 5.14. The lowest BCUT2D eigenvalue weighted by Gasteiger charge is -2.10. The number of nitrogens with two attached hydrogens (primary N) is 1. The molecule has 3 N–H and O–H groups in total. The quantitative estimate of drug-likeness (QED) is 0.332. The molecule has 0 saturated heterocycles. The Morgan fingerprint density at radius 2 is 1.82 bits per heavy atom. The van der Waals surface area contributed by atoms with Gasteiger partial charge in [0.1, 0.15) is 0 Å². The van der Waals surface area contributed by atoms with Crippen molar-refractivity contribution in [2.75, 3.05) is 11.1 Å². The number of thioether (sulfide) groups is 1. The molecule has 0 atom stereocenters. The number of aryl methyl sites for hydroxylation is 2. The zero-order valence-electron chi connectivity index (χ0n) is 19.2. The average Bonchev–Trinajstić information content (AvgIpc) is 3.41. The second-order valence-corrected chi connectivity index (χ2v) is 9.77. The van der Waals surface area contributed by atoms with Crippen LogP contribution >= 0.6 is 23.1 Å². The lowest BCUT2D eigenvalue weighted by Crippen LogP contribution is -2.19.